The molecule has 0 amide bonds. The summed E-state index contributed by atoms with van der Waals surface area (Å²) in [5.41, 5.74) is 14.2. The van der Waals surface area contributed by atoms with Gasteiger partial charge in [-0.05, 0) is 101 Å². The molecule has 0 saturated carbocycles. The minimum atomic E-state index is -1.86. The predicted octanol–water partition coefficient (Wildman–Crippen LogP) is 11.2. The zero-order valence-electron chi connectivity index (χ0n) is 30.7. The predicted molar refractivity (Wildman–Crippen MR) is 234 cm³/mol. The van der Waals surface area contributed by atoms with Crippen molar-refractivity contribution in [1.82, 2.24) is 0 Å². The second-order valence-electron chi connectivity index (χ2n) is 15.8. The van der Waals surface area contributed by atoms with Crippen LogP contribution in [0.5, 0.6) is 0 Å². The van der Waals surface area contributed by atoms with E-state index in [4.69, 9.17) is 0 Å². The highest BCUT2D eigenvalue weighted by Crippen LogP contribution is 2.44. The monoisotopic (exact) mass is 711 g/mol. The van der Waals surface area contributed by atoms with Crippen molar-refractivity contribution in [3.8, 4) is 44.5 Å². The van der Waals surface area contributed by atoms with Gasteiger partial charge in [0.25, 0.3) is 0 Å². The SMILES string of the molecule is C[Si]1(C)c2ccccc2-c2ccc(-c3ccc(N(c4ccc(-c5cccc6ccccc56)cc4)c4cccc5c4-c4ccccc4[Si]5(C)C)cc3)cc21. The molecular formula is C50H41NSi2. The molecule has 0 radical (unpaired) electrons. The molecule has 8 aromatic rings. The Balaban J connectivity index is 1.10. The van der Waals surface area contributed by atoms with Gasteiger partial charge < -0.3 is 4.90 Å². The lowest BCUT2D eigenvalue weighted by molar-refractivity contribution is 1.29. The Kier molecular flexibility index (Phi) is 7.17. The molecule has 0 aromatic heterocycles. The summed E-state index contributed by atoms with van der Waals surface area (Å²) in [5.74, 6) is 0. The van der Waals surface area contributed by atoms with Gasteiger partial charge in [0, 0.05) is 16.9 Å². The Labute approximate surface area is 314 Å². The molecule has 3 heteroatoms. The number of rotatable bonds is 5. The molecule has 8 aromatic carbocycles. The van der Waals surface area contributed by atoms with Crippen molar-refractivity contribution in [2.45, 2.75) is 26.2 Å². The van der Waals surface area contributed by atoms with Gasteiger partial charge in [-0.3, -0.25) is 0 Å². The van der Waals surface area contributed by atoms with Crippen LogP contribution in [0.15, 0.2) is 176 Å². The highest BCUT2D eigenvalue weighted by atomic mass is 28.3. The second-order valence-corrected chi connectivity index (χ2v) is 24.4. The molecule has 0 saturated heterocycles. The average Bonchev–Trinajstić information content (AvgIpc) is 3.58. The molecule has 0 fully saturated rings. The molecule has 0 aliphatic carbocycles. The van der Waals surface area contributed by atoms with Crippen LogP contribution in [-0.2, 0) is 0 Å². The van der Waals surface area contributed by atoms with E-state index in [9.17, 15) is 0 Å². The van der Waals surface area contributed by atoms with Gasteiger partial charge in [-0.25, -0.2) is 0 Å². The van der Waals surface area contributed by atoms with Crippen molar-refractivity contribution in [2.75, 3.05) is 4.90 Å². The molecule has 2 heterocycles. The number of hydrogen-bond acceptors (Lipinski definition) is 1. The largest absolute Gasteiger partial charge is 0.310 e. The van der Waals surface area contributed by atoms with Crippen LogP contribution in [0.2, 0.25) is 26.2 Å². The number of anilines is 3. The van der Waals surface area contributed by atoms with Crippen LogP contribution in [-0.4, -0.2) is 16.1 Å². The minimum Gasteiger partial charge on any atom is -0.310 e. The standard InChI is InChI=1S/C50H41NSi2/c1-52(2)47-21-10-8-17-44(47)50-45(19-12-22-48(50)52)51(39-30-25-36(26-31-39)41-18-11-14-35-13-5-6-15-40(35)41)38-28-23-34(24-29-38)37-27-32-43-42-16-7-9-20-46(42)53(3,4)49(43)33-37/h5-33H,1-4H3. The Hall–Kier alpha value is -5.75. The third-order valence-electron chi connectivity index (χ3n) is 12.1. The van der Waals surface area contributed by atoms with Gasteiger partial charge in [-0.1, -0.05) is 172 Å². The highest BCUT2D eigenvalue weighted by Gasteiger charge is 2.40. The van der Waals surface area contributed by atoms with Crippen LogP contribution in [0.1, 0.15) is 0 Å². The fourth-order valence-corrected chi connectivity index (χ4v) is 15.5. The Bertz CT molecular complexity index is 2720. The maximum Gasteiger partial charge on any atom is 0.113 e. The number of benzene rings is 8. The molecule has 254 valence electrons. The van der Waals surface area contributed by atoms with E-state index >= 15 is 0 Å². The van der Waals surface area contributed by atoms with Crippen LogP contribution >= 0.6 is 0 Å². The Morgan fingerprint density at radius 1 is 0.358 bits per heavy atom. The van der Waals surface area contributed by atoms with E-state index in [1.165, 1.54) is 71.3 Å². The van der Waals surface area contributed by atoms with Crippen LogP contribution in [0, 0.1) is 0 Å². The first-order chi connectivity index (χ1) is 25.8. The molecular weight excluding hydrogens is 671 g/mol. The zero-order chi connectivity index (χ0) is 35.9. The van der Waals surface area contributed by atoms with Crippen molar-refractivity contribution in [2.24, 2.45) is 0 Å². The van der Waals surface area contributed by atoms with E-state index in [0.29, 0.717) is 0 Å². The summed E-state index contributed by atoms with van der Waals surface area (Å²) in [5, 5.41) is 8.66. The van der Waals surface area contributed by atoms with Crippen molar-refractivity contribution < 1.29 is 0 Å². The first-order valence-corrected chi connectivity index (χ1v) is 24.8. The molecule has 0 unspecified atom stereocenters. The summed E-state index contributed by atoms with van der Waals surface area (Å²) < 4.78 is 0. The second kappa shape index (κ2) is 11.9. The van der Waals surface area contributed by atoms with Gasteiger partial charge in [-0.2, -0.15) is 0 Å². The molecule has 0 bridgehead atoms. The number of hydrogen-bond donors (Lipinski definition) is 0. The first-order valence-electron chi connectivity index (χ1n) is 18.8. The van der Waals surface area contributed by atoms with E-state index < -0.39 is 16.1 Å². The van der Waals surface area contributed by atoms with Crippen molar-refractivity contribution >= 4 is 64.7 Å². The third kappa shape index (κ3) is 4.88. The summed E-state index contributed by atoms with van der Waals surface area (Å²) >= 11 is 0. The smallest absolute Gasteiger partial charge is 0.113 e. The average molecular weight is 712 g/mol. The minimum absolute atomic E-state index is 1.15. The maximum absolute atomic E-state index is 2.50. The van der Waals surface area contributed by atoms with E-state index in [1.807, 2.05) is 0 Å². The van der Waals surface area contributed by atoms with Crippen molar-refractivity contribution in [3.63, 3.8) is 0 Å². The van der Waals surface area contributed by atoms with E-state index in [2.05, 4.69) is 207 Å². The number of nitrogens with zero attached hydrogens (tertiary/aromatic N) is 1. The molecule has 2 aliphatic rings. The number of fused-ring (bicyclic) bond motifs is 7. The highest BCUT2D eigenvalue weighted by molar-refractivity contribution is 7.04. The lowest BCUT2D eigenvalue weighted by atomic mass is 9.97. The van der Waals surface area contributed by atoms with E-state index in [0.717, 1.165) is 11.4 Å². The summed E-state index contributed by atoms with van der Waals surface area (Å²) in [6, 6.07) is 66.0. The van der Waals surface area contributed by atoms with Crippen LogP contribution < -0.4 is 25.6 Å². The van der Waals surface area contributed by atoms with Gasteiger partial charge in [-0.15, -0.1) is 0 Å². The Morgan fingerprint density at radius 3 is 1.62 bits per heavy atom. The lowest BCUT2D eigenvalue weighted by Gasteiger charge is -2.29. The summed E-state index contributed by atoms with van der Waals surface area (Å²) in [6.45, 7) is 9.99. The fourth-order valence-electron chi connectivity index (χ4n) is 9.30. The Morgan fingerprint density at radius 2 is 0.868 bits per heavy atom. The molecule has 0 spiro atoms. The van der Waals surface area contributed by atoms with E-state index in [1.54, 1.807) is 10.4 Å². The molecule has 10 rings (SSSR count). The summed E-state index contributed by atoms with van der Waals surface area (Å²) in [6.07, 6.45) is 0. The van der Waals surface area contributed by atoms with Crippen molar-refractivity contribution in [1.29, 1.82) is 0 Å². The molecule has 53 heavy (non-hydrogen) atoms. The molecule has 0 atom stereocenters. The molecule has 1 nitrogen and oxygen atoms in total. The summed E-state index contributed by atoms with van der Waals surface area (Å²) in [7, 11) is -3.62. The van der Waals surface area contributed by atoms with Crippen molar-refractivity contribution in [3.05, 3.63) is 176 Å². The van der Waals surface area contributed by atoms with Crippen LogP contribution in [0.4, 0.5) is 17.1 Å². The van der Waals surface area contributed by atoms with Gasteiger partial charge in [0.05, 0.1) is 5.69 Å². The molecule has 2 aliphatic heterocycles. The molecule has 0 N–H and O–H groups in total. The first kappa shape index (κ1) is 31.9. The zero-order valence-corrected chi connectivity index (χ0v) is 32.7. The quantitative estimate of drug-likeness (QED) is 0.161. The lowest BCUT2D eigenvalue weighted by Crippen LogP contribution is -2.49. The van der Waals surface area contributed by atoms with Gasteiger partial charge in [0.1, 0.15) is 16.1 Å². The fraction of sp³-hybridized carbons (Fsp3) is 0.0800. The topological polar surface area (TPSA) is 3.24 Å². The van der Waals surface area contributed by atoms with Gasteiger partial charge >= 0.3 is 0 Å². The summed E-state index contributed by atoms with van der Waals surface area (Å²) in [4.78, 5) is 2.48. The van der Waals surface area contributed by atoms with Gasteiger partial charge in [0.15, 0.2) is 0 Å². The normalized spacial score (nSPS) is 14.3. The van der Waals surface area contributed by atoms with Gasteiger partial charge in [0.2, 0.25) is 0 Å². The van der Waals surface area contributed by atoms with E-state index in [-0.39, 0.29) is 0 Å². The third-order valence-corrected chi connectivity index (χ3v) is 19.2. The van der Waals surface area contributed by atoms with Crippen LogP contribution in [0.3, 0.4) is 0 Å². The van der Waals surface area contributed by atoms with Crippen LogP contribution in [0.25, 0.3) is 55.3 Å². The maximum atomic E-state index is 2.50.